The van der Waals surface area contributed by atoms with Gasteiger partial charge in [0, 0.05) is 36.5 Å². The molecule has 0 saturated heterocycles. The second-order valence-electron chi connectivity index (χ2n) is 7.62. The molecule has 0 saturated carbocycles. The minimum absolute atomic E-state index is 0.220. The van der Waals surface area contributed by atoms with E-state index in [2.05, 4.69) is 20.4 Å². The minimum Gasteiger partial charge on any atom is -0.495 e. The summed E-state index contributed by atoms with van der Waals surface area (Å²) in [5.74, 6) is 0.851. The highest BCUT2D eigenvalue weighted by molar-refractivity contribution is 5.88. The Hall–Kier alpha value is -4.27. The predicted molar refractivity (Wildman–Crippen MR) is 125 cm³/mol. The van der Waals surface area contributed by atoms with Crippen LogP contribution in [0.2, 0.25) is 0 Å². The van der Waals surface area contributed by atoms with Crippen molar-refractivity contribution in [3.63, 3.8) is 0 Å². The molecule has 0 aliphatic rings. The summed E-state index contributed by atoms with van der Waals surface area (Å²) in [5, 5.41) is 8.75. The van der Waals surface area contributed by atoms with Crippen LogP contribution in [0, 0.1) is 12.7 Å². The van der Waals surface area contributed by atoms with Gasteiger partial charge in [-0.3, -0.25) is 14.3 Å². The molecule has 0 fully saturated rings. The molecule has 0 spiro atoms. The van der Waals surface area contributed by atoms with Crippen molar-refractivity contribution in [3.05, 3.63) is 82.8 Å². The van der Waals surface area contributed by atoms with Crippen LogP contribution < -0.4 is 15.6 Å². The molecule has 0 bridgehead atoms. The maximum absolute atomic E-state index is 13.9. The number of aromatic nitrogens is 5. The summed E-state index contributed by atoms with van der Waals surface area (Å²) in [7, 11) is 1.58. The van der Waals surface area contributed by atoms with Crippen LogP contribution >= 0.6 is 0 Å². The summed E-state index contributed by atoms with van der Waals surface area (Å²) in [6.45, 7) is 2.74. The third kappa shape index (κ3) is 3.89. The maximum Gasteiger partial charge on any atom is 0.266 e. The Balaban J connectivity index is 1.40. The summed E-state index contributed by atoms with van der Waals surface area (Å²) in [4.78, 5) is 21.2. The first-order valence-electron chi connectivity index (χ1n) is 10.4. The number of hydrogen-bond donors (Lipinski definition) is 1. The minimum atomic E-state index is -0.324. The van der Waals surface area contributed by atoms with Crippen molar-refractivity contribution in [2.75, 3.05) is 19.0 Å². The molecule has 0 amide bonds. The van der Waals surface area contributed by atoms with E-state index in [1.807, 2.05) is 25.3 Å². The second-order valence-corrected chi connectivity index (χ2v) is 7.62. The molecule has 1 N–H and O–H groups in total. The molecule has 0 radical (unpaired) electrons. The van der Waals surface area contributed by atoms with Crippen LogP contribution in [0.25, 0.3) is 27.8 Å². The van der Waals surface area contributed by atoms with Crippen molar-refractivity contribution in [1.82, 2.24) is 24.3 Å². The molecule has 33 heavy (non-hydrogen) atoms. The van der Waals surface area contributed by atoms with Crippen molar-refractivity contribution in [3.8, 4) is 11.6 Å². The lowest BCUT2D eigenvalue weighted by molar-refractivity contribution is 0.413. The fourth-order valence-electron chi connectivity index (χ4n) is 3.85. The number of methoxy groups -OCH3 is 1. The number of aryl methyl sites for hydroxylation is 1. The molecule has 4 heterocycles. The highest BCUT2D eigenvalue weighted by atomic mass is 19.1. The predicted octanol–water partition coefficient (Wildman–Crippen LogP) is 3.70. The Morgan fingerprint density at radius 3 is 2.85 bits per heavy atom. The first kappa shape index (κ1) is 20.6. The van der Waals surface area contributed by atoms with Gasteiger partial charge in [-0.05, 0) is 42.8 Å². The van der Waals surface area contributed by atoms with Gasteiger partial charge in [-0.2, -0.15) is 5.10 Å². The standard InChI is InChI=1S/C24H21FN6O2/c1-15-14-30(21-11-16(25)3-4-18(15)21)22-5-6-23(32)31(29-22)10-9-27-19-7-8-26-20-12-17(33-2)13-28-24(19)20/h3-8,11-14H,9-10H2,1-2H3,(H,26,27). The van der Waals surface area contributed by atoms with Crippen molar-refractivity contribution in [2.24, 2.45) is 0 Å². The first-order chi connectivity index (χ1) is 16.0. The van der Waals surface area contributed by atoms with E-state index < -0.39 is 0 Å². The van der Waals surface area contributed by atoms with Crippen LogP contribution in [0.1, 0.15) is 5.56 Å². The number of nitrogens with zero attached hydrogens (tertiary/aromatic N) is 5. The van der Waals surface area contributed by atoms with E-state index >= 15 is 0 Å². The Morgan fingerprint density at radius 1 is 1.12 bits per heavy atom. The van der Waals surface area contributed by atoms with Crippen LogP contribution in [0.5, 0.6) is 5.75 Å². The summed E-state index contributed by atoms with van der Waals surface area (Å²) < 4.78 is 22.2. The van der Waals surface area contributed by atoms with Crippen LogP contribution in [-0.4, -0.2) is 38.0 Å². The Morgan fingerprint density at radius 2 is 2.00 bits per heavy atom. The maximum atomic E-state index is 13.9. The van der Waals surface area contributed by atoms with Crippen molar-refractivity contribution in [1.29, 1.82) is 0 Å². The molecule has 0 aliphatic heterocycles. The molecular formula is C24H21FN6O2. The lowest BCUT2D eigenvalue weighted by Crippen LogP contribution is -2.26. The van der Waals surface area contributed by atoms with Gasteiger partial charge in [-0.15, -0.1) is 0 Å². The van der Waals surface area contributed by atoms with E-state index in [0.29, 0.717) is 41.2 Å². The van der Waals surface area contributed by atoms with Gasteiger partial charge < -0.3 is 10.1 Å². The third-order valence-corrected chi connectivity index (χ3v) is 5.49. The molecule has 0 atom stereocenters. The van der Waals surface area contributed by atoms with E-state index in [-0.39, 0.29) is 11.4 Å². The lowest BCUT2D eigenvalue weighted by atomic mass is 10.2. The van der Waals surface area contributed by atoms with E-state index in [0.717, 1.165) is 16.6 Å². The first-order valence-corrected chi connectivity index (χ1v) is 10.4. The Labute approximate surface area is 188 Å². The zero-order chi connectivity index (χ0) is 22.9. The normalized spacial score (nSPS) is 11.2. The largest absolute Gasteiger partial charge is 0.495 e. The van der Waals surface area contributed by atoms with Gasteiger partial charge in [0.2, 0.25) is 0 Å². The van der Waals surface area contributed by atoms with E-state index in [4.69, 9.17) is 4.74 Å². The number of benzene rings is 1. The summed E-state index contributed by atoms with van der Waals surface area (Å²) in [5.41, 5.74) is 3.70. The van der Waals surface area contributed by atoms with Crippen molar-refractivity contribution in [2.45, 2.75) is 13.5 Å². The zero-order valence-corrected chi connectivity index (χ0v) is 18.1. The number of halogens is 1. The average Bonchev–Trinajstić information content (AvgIpc) is 3.15. The number of fused-ring (bicyclic) bond motifs is 2. The highest BCUT2D eigenvalue weighted by Crippen LogP contribution is 2.24. The molecule has 9 heteroatoms. The fourth-order valence-corrected chi connectivity index (χ4v) is 3.85. The molecule has 8 nitrogen and oxygen atoms in total. The number of hydrogen-bond acceptors (Lipinski definition) is 6. The molecule has 0 aliphatic carbocycles. The summed E-state index contributed by atoms with van der Waals surface area (Å²) in [6, 6.07) is 11.4. The van der Waals surface area contributed by atoms with Gasteiger partial charge >= 0.3 is 0 Å². The molecular weight excluding hydrogens is 423 g/mol. The van der Waals surface area contributed by atoms with Gasteiger partial charge in [-0.1, -0.05) is 0 Å². The Bertz CT molecular complexity index is 1540. The van der Waals surface area contributed by atoms with Crippen LogP contribution in [0.15, 0.2) is 65.8 Å². The van der Waals surface area contributed by atoms with Crippen molar-refractivity contribution >= 4 is 27.6 Å². The third-order valence-electron chi connectivity index (χ3n) is 5.49. The van der Waals surface area contributed by atoms with Crippen LogP contribution in [0.3, 0.4) is 0 Å². The average molecular weight is 444 g/mol. The van der Waals surface area contributed by atoms with Gasteiger partial charge in [0.05, 0.1) is 36.6 Å². The monoisotopic (exact) mass is 444 g/mol. The number of nitrogens with one attached hydrogen (secondary N) is 1. The SMILES string of the molecule is COc1cnc2c(NCCn3nc(-n4cc(C)c5ccc(F)cc54)ccc3=O)ccnc2c1. The molecule has 5 rings (SSSR count). The quantitative estimate of drug-likeness (QED) is 0.430. The number of rotatable bonds is 6. The summed E-state index contributed by atoms with van der Waals surface area (Å²) >= 11 is 0. The molecule has 5 aromatic rings. The summed E-state index contributed by atoms with van der Waals surface area (Å²) in [6.07, 6.45) is 5.22. The lowest BCUT2D eigenvalue weighted by Gasteiger charge is -2.11. The number of anilines is 1. The Kier molecular flexibility index (Phi) is 5.21. The van der Waals surface area contributed by atoms with Gasteiger partial charge in [0.1, 0.15) is 17.1 Å². The van der Waals surface area contributed by atoms with Crippen molar-refractivity contribution < 1.29 is 9.13 Å². The van der Waals surface area contributed by atoms with Crippen LogP contribution in [-0.2, 0) is 6.54 Å². The second kappa shape index (κ2) is 8.34. The van der Waals surface area contributed by atoms with E-state index in [9.17, 15) is 9.18 Å². The van der Waals surface area contributed by atoms with E-state index in [1.54, 1.807) is 36.2 Å². The molecule has 0 unspecified atom stereocenters. The van der Waals surface area contributed by atoms with E-state index in [1.165, 1.54) is 22.9 Å². The van der Waals surface area contributed by atoms with Gasteiger partial charge in [0.15, 0.2) is 5.82 Å². The molecule has 4 aromatic heterocycles. The molecule has 1 aromatic carbocycles. The topological polar surface area (TPSA) is 86.9 Å². The molecule has 166 valence electrons. The van der Waals surface area contributed by atoms with Crippen LogP contribution in [0.4, 0.5) is 10.1 Å². The van der Waals surface area contributed by atoms with Gasteiger partial charge in [-0.25, -0.2) is 14.1 Å². The zero-order valence-electron chi connectivity index (χ0n) is 18.1. The smallest absolute Gasteiger partial charge is 0.266 e. The van der Waals surface area contributed by atoms with Gasteiger partial charge in [0.25, 0.3) is 5.56 Å². The highest BCUT2D eigenvalue weighted by Gasteiger charge is 2.11. The number of pyridine rings is 2. The number of ether oxygens (including phenoxy) is 1. The fraction of sp³-hybridized carbons (Fsp3) is 0.167.